The average molecular weight is 360 g/mol. The number of aryl methyl sites for hydroxylation is 1. The van der Waals surface area contributed by atoms with Crippen molar-refractivity contribution in [3.63, 3.8) is 0 Å². The highest BCUT2D eigenvalue weighted by atomic mass is 16.5. The van der Waals surface area contributed by atoms with Gasteiger partial charge in [0.25, 0.3) is 0 Å². The van der Waals surface area contributed by atoms with E-state index >= 15 is 0 Å². The predicted octanol–water partition coefficient (Wildman–Crippen LogP) is 3.49. The maximum atomic E-state index is 10.8. The van der Waals surface area contributed by atoms with Crippen molar-refractivity contribution < 1.29 is 29.3 Å². The molecule has 2 aromatic rings. The first-order valence-corrected chi connectivity index (χ1v) is 8.18. The number of phenols is 2. The minimum absolute atomic E-state index is 0.137. The van der Waals surface area contributed by atoms with Crippen molar-refractivity contribution in [2.45, 2.75) is 26.7 Å². The maximum Gasteiger partial charge on any atom is 0.337 e. The van der Waals surface area contributed by atoms with Gasteiger partial charge in [-0.3, -0.25) is 0 Å². The molecule has 0 aliphatic rings. The summed E-state index contributed by atoms with van der Waals surface area (Å²) < 4.78 is 9.70. The van der Waals surface area contributed by atoms with E-state index in [1.165, 1.54) is 31.4 Å². The van der Waals surface area contributed by atoms with Crippen molar-refractivity contribution >= 4 is 11.8 Å². The van der Waals surface area contributed by atoms with Gasteiger partial charge in [-0.15, -0.1) is 0 Å². The molecule has 0 fully saturated rings. The number of methoxy groups -OCH3 is 1. The molecule has 140 valence electrons. The van der Waals surface area contributed by atoms with E-state index in [2.05, 4.69) is 4.74 Å². The molecule has 2 rings (SSSR count). The second-order valence-corrected chi connectivity index (χ2v) is 5.48. The van der Waals surface area contributed by atoms with Crippen LogP contribution in [-0.4, -0.2) is 35.7 Å². The van der Waals surface area contributed by atoms with E-state index in [1.54, 1.807) is 25.1 Å². The molecule has 0 saturated carbocycles. The molecular formula is C20H24O6. The third-order valence-corrected chi connectivity index (χ3v) is 3.38. The highest BCUT2D eigenvalue weighted by molar-refractivity contribution is 5.89. The molecule has 2 aromatic carbocycles. The first kappa shape index (κ1) is 21.0. The predicted molar refractivity (Wildman–Crippen MR) is 97.7 cm³/mol. The average Bonchev–Trinajstić information content (AvgIpc) is 2.63. The van der Waals surface area contributed by atoms with Gasteiger partial charge in [0.1, 0.15) is 11.5 Å². The Morgan fingerprint density at radius 2 is 1.69 bits per heavy atom. The van der Waals surface area contributed by atoms with Gasteiger partial charge in [-0.1, -0.05) is 6.07 Å². The van der Waals surface area contributed by atoms with Crippen molar-refractivity contribution in [1.82, 2.24) is 0 Å². The molecule has 0 unspecified atom stereocenters. The van der Waals surface area contributed by atoms with E-state index in [4.69, 9.17) is 9.84 Å². The van der Waals surface area contributed by atoms with Crippen LogP contribution in [0.25, 0.3) is 0 Å². The summed E-state index contributed by atoms with van der Waals surface area (Å²) in [6.07, 6.45) is 1.21. The Kier molecular flexibility index (Phi) is 8.70. The quantitative estimate of drug-likeness (QED) is 0.766. The number of carbonyl (C=O) groups excluding carboxylic acids is 2. The lowest BCUT2D eigenvalue weighted by atomic mass is 10.1. The second kappa shape index (κ2) is 10.8. The Hall–Kier alpha value is -3.02. The number of rotatable bonds is 6. The molecule has 0 aliphatic carbocycles. The van der Waals surface area contributed by atoms with Gasteiger partial charge in [0.2, 0.25) is 0 Å². The number of esters is 1. The first-order chi connectivity index (χ1) is 12.4. The lowest BCUT2D eigenvalue weighted by Crippen LogP contribution is -1.99. The summed E-state index contributed by atoms with van der Waals surface area (Å²) in [4.78, 5) is 21.6. The molecule has 6 nitrogen and oxygen atoms in total. The molecule has 2 N–H and O–H groups in total. The Morgan fingerprint density at radius 1 is 1.04 bits per heavy atom. The second-order valence-electron chi connectivity index (χ2n) is 5.48. The number of carbonyl (C=O) groups is 2. The fraction of sp³-hybridized carbons (Fsp3) is 0.300. The van der Waals surface area contributed by atoms with Crippen LogP contribution < -0.4 is 4.74 Å². The van der Waals surface area contributed by atoms with E-state index in [-0.39, 0.29) is 17.3 Å². The molecule has 0 spiro atoms. The number of Topliss-reactive ketones (excluding diaryl/α,β-unsaturated/α-hetero) is 1. The number of aromatic hydroxyl groups is 2. The number of ketones is 1. The lowest BCUT2D eigenvalue weighted by Gasteiger charge is -2.07. The van der Waals surface area contributed by atoms with Crippen molar-refractivity contribution in [3.8, 4) is 17.2 Å². The van der Waals surface area contributed by atoms with E-state index in [0.717, 1.165) is 5.56 Å². The SMILES string of the molecule is CCOc1cc(CCC(C)=O)ccc1O.COC(=O)c1ccc(O)cc1. The normalized spacial score (nSPS) is 9.65. The first-order valence-electron chi connectivity index (χ1n) is 8.18. The van der Waals surface area contributed by atoms with Gasteiger partial charge < -0.3 is 24.5 Å². The number of benzene rings is 2. The minimum Gasteiger partial charge on any atom is -0.508 e. The summed E-state index contributed by atoms with van der Waals surface area (Å²) >= 11 is 0. The third kappa shape index (κ3) is 7.25. The molecule has 6 heteroatoms. The molecule has 0 radical (unpaired) electrons. The monoisotopic (exact) mass is 360 g/mol. The summed E-state index contributed by atoms with van der Waals surface area (Å²) in [5.41, 5.74) is 1.44. The molecule has 0 aliphatic heterocycles. The van der Waals surface area contributed by atoms with Crippen LogP contribution in [0.15, 0.2) is 42.5 Å². The van der Waals surface area contributed by atoms with Gasteiger partial charge in [-0.2, -0.15) is 0 Å². The van der Waals surface area contributed by atoms with E-state index in [1.807, 2.05) is 6.92 Å². The Morgan fingerprint density at radius 3 is 2.23 bits per heavy atom. The summed E-state index contributed by atoms with van der Waals surface area (Å²) in [5.74, 6) is 0.533. The van der Waals surface area contributed by atoms with Crippen molar-refractivity contribution in [2.75, 3.05) is 13.7 Å². The van der Waals surface area contributed by atoms with Crippen LogP contribution >= 0.6 is 0 Å². The fourth-order valence-corrected chi connectivity index (χ4v) is 2.02. The highest BCUT2D eigenvalue weighted by Gasteiger charge is 2.04. The molecule has 0 amide bonds. The smallest absolute Gasteiger partial charge is 0.337 e. The van der Waals surface area contributed by atoms with Gasteiger partial charge in [-0.05, 0) is 62.2 Å². The van der Waals surface area contributed by atoms with Crippen molar-refractivity contribution in [2.24, 2.45) is 0 Å². The molecule has 0 aromatic heterocycles. The van der Waals surface area contributed by atoms with Crippen LogP contribution in [0.2, 0.25) is 0 Å². The minimum atomic E-state index is -0.398. The molecular weight excluding hydrogens is 336 g/mol. The molecule has 0 bridgehead atoms. The van der Waals surface area contributed by atoms with Crippen LogP contribution in [0, 0.1) is 0 Å². The topological polar surface area (TPSA) is 93.1 Å². The Labute approximate surface area is 153 Å². The summed E-state index contributed by atoms with van der Waals surface area (Å²) in [7, 11) is 1.31. The van der Waals surface area contributed by atoms with Crippen molar-refractivity contribution in [1.29, 1.82) is 0 Å². The van der Waals surface area contributed by atoms with Gasteiger partial charge in [0, 0.05) is 6.42 Å². The van der Waals surface area contributed by atoms with E-state index in [9.17, 15) is 14.7 Å². The zero-order valence-electron chi connectivity index (χ0n) is 15.2. The largest absolute Gasteiger partial charge is 0.508 e. The number of ether oxygens (including phenoxy) is 2. The molecule has 0 heterocycles. The van der Waals surface area contributed by atoms with E-state index in [0.29, 0.717) is 30.8 Å². The highest BCUT2D eigenvalue weighted by Crippen LogP contribution is 2.27. The standard InChI is InChI=1S/C12H16O3.C8H8O3/c1-3-15-12-8-10(5-4-9(2)13)6-7-11(12)14;1-11-8(10)6-2-4-7(9)5-3-6/h6-8,14H,3-5H2,1-2H3;2-5,9H,1H3. The van der Waals surface area contributed by atoms with Gasteiger partial charge >= 0.3 is 5.97 Å². The van der Waals surface area contributed by atoms with Gasteiger partial charge in [-0.25, -0.2) is 4.79 Å². The van der Waals surface area contributed by atoms with Crippen LogP contribution in [0.4, 0.5) is 0 Å². The van der Waals surface area contributed by atoms with Gasteiger partial charge in [0.15, 0.2) is 11.5 Å². The number of hydrogen-bond acceptors (Lipinski definition) is 6. The molecule has 0 atom stereocenters. The third-order valence-electron chi connectivity index (χ3n) is 3.38. The molecule has 26 heavy (non-hydrogen) atoms. The Balaban J connectivity index is 0.000000273. The van der Waals surface area contributed by atoms with Crippen LogP contribution in [0.3, 0.4) is 0 Å². The van der Waals surface area contributed by atoms with Crippen molar-refractivity contribution in [3.05, 3.63) is 53.6 Å². The van der Waals surface area contributed by atoms with Crippen LogP contribution in [-0.2, 0) is 16.0 Å². The fourth-order valence-electron chi connectivity index (χ4n) is 2.02. The number of phenolic OH excluding ortho intramolecular Hbond substituents is 2. The van der Waals surface area contributed by atoms with Crippen LogP contribution in [0.1, 0.15) is 36.2 Å². The summed E-state index contributed by atoms with van der Waals surface area (Å²) in [6, 6.07) is 11.1. The zero-order valence-corrected chi connectivity index (χ0v) is 15.2. The zero-order chi connectivity index (χ0) is 19.5. The Bertz CT molecular complexity index is 722. The molecule has 0 saturated heterocycles. The van der Waals surface area contributed by atoms with E-state index < -0.39 is 5.97 Å². The van der Waals surface area contributed by atoms with Crippen LogP contribution in [0.5, 0.6) is 17.2 Å². The maximum absolute atomic E-state index is 10.8. The summed E-state index contributed by atoms with van der Waals surface area (Å²) in [5, 5.41) is 18.3. The number of hydrogen-bond donors (Lipinski definition) is 2. The summed E-state index contributed by atoms with van der Waals surface area (Å²) in [6.45, 7) is 3.95. The lowest BCUT2D eigenvalue weighted by molar-refractivity contribution is -0.116. The van der Waals surface area contributed by atoms with Gasteiger partial charge in [0.05, 0.1) is 19.3 Å².